The Hall–Kier alpha value is -2.69. The predicted octanol–water partition coefficient (Wildman–Crippen LogP) is 2.85. The van der Waals surface area contributed by atoms with E-state index >= 15 is 0 Å². The number of ether oxygens (including phenoxy) is 2. The number of nitrogens with two attached hydrogens (primary N) is 1. The lowest BCUT2D eigenvalue weighted by Crippen LogP contribution is -2.14. The first-order valence-electron chi connectivity index (χ1n) is 6.44. The van der Waals surface area contributed by atoms with E-state index in [1.807, 2.05) is 13.0 Å². The number of anilines is 2. The Morgan fingerprint density at radius 2 is 1.86 bits per heavy atom. The minimum Gasteiger partial charge on any atom is -0.497 e. The molecule has 21 heavy (non-hydrogen) atoms. The SMILES string of the molecule is COc1ccc(OC)c(C(=O)Nc2ccc(C)cc2N)c1. The Morgan fingerprint density at radius 3 is 2.48 bits per heavy atom. The summed E-state index contributed by atoms with van der Waals surface area (Å²) in [6, 6.07) is 10.5. The van der Waals surface area contributed by atoms with Crippen LogP contribution in [0.2, 0.25) is 0 Å². The van der Waals surface area contributed by atoms with Crippen molar-refractivity contribution in [2.45, 2.75) is 6.92 Å². The molecule has 5 heteroatoms. The maximum atomic E-state index is 12.4. The number of methoxy groups -OCH3 is 2. The van der Waals surface area contributed by atoms with Crippen molar-refractivity contribution in [1.82, 2.24) is 0 Å². The van der Waals surface area contributed by atoms with E-state index in [9.17, 15) is 4.79 Å². The summed E-state index contributed by atoms with van der Waals surface area (Å²) in [4.78, 5) is 12.4. The third-order valence-corrected chi connectivity index (χ3v) is 3.11. The van der Waals surface area contributed by atoms with Gasteiger partial charge in [-0.05, 0) is 42.8 Å². The van der Waals surface area contributed by atoms with Crippen LogP contribution in [-0.2, 0) is 0 Å². The number of hydrogen-bond acceptors (Lipinski definition) is 4. The summed E-state index contributed by atoms with van der Waals surface area (Å²) in [6.07, 6.45) is 0. The average Bonchev–Trinajstić information content (AvgIpc) is 2.49. The maximum absolute atomic E-state index is 12.4. The van der Waals surface area contributed by atoms with Crippen molar-refractivity contribution < 1.29 is 14.3 Å². The molecule has 0 saturated carbocycles. The fraction of sp³-hybridized carbons (Fsp3) is 0.188. The largest absolute Gasteiger partial charge is 0.497 e. The van der Waals surface area contributed by atoms with E-state index in [4.69, 9.17) is 15.2 Å². The van der Waals surface area contributed by atoms with Crippen LogP contribution < -0.4 is 20.5 Å². The second-order valence-corrected chi connectivity index (χ2v) is 4.61. The van der Waals surface area contributed by atoms with Gasteiger partial charge in [-0.15, -0.1) is 0 Å². The average molecular weight is 286 g/mol. The molecule has 2 aromatic carbocycles. The summed E-state index contributed by atoms with van der Waals surface area (Å²) < 4.78 is 10.3. The van der Waals surface area contributed by atoms with Crippen LogP contribution in [0, 0.1) is 6.92 Å². The summed E-state index contributed by atoms with van der Waals surface area (Å²) in [5, 5.41) is 2.78. The van der Waals surface area contributed by atoms with E-state index in [-0.39, 0.29) is 5.91 Å². The van der Waals surface area contributed by atoms with Gasteiger partial charge in [0.2, 0.25) is 0 Å². The molecule has 3 N–H and O–H groups in total. The summed E-state index contributed by atoms with van der Waals surface area (Å²) in [6.45, 7) is 1.94. The molecule has 2 rings (SSSR count). The Morgan fingerprint density at radius 1 is 1.10 bits per heavy atom. The number of carbonyl (C=O) groups is 1. The van der Waals surface area contributed by atoms with Crippen LogP contribution in [0.3, 0.4) is 0 Å². The fourth-order valence-electron chi connectivity index (χ4n) is 1.98. The molecular weight excluding hydrogens is 268 g/mol. The molecule has 2 aromatic rings. The van der Waals surface area contributed by atoms with Crippen LogP contribution in [0.4, 0.5) is 11.4 Å². The van der Waals surface area contributed by atoms with Gasteiger partial charge in [0, 0.05) is 0 Å². The normalized spacial score (nSPS) is 10.0. The second-order valence-electron chi connectivity index (χ2n) is 4.61. The molecule has 0 spiro atoms. The molecule has 5 nitrogen and oxygen atoms in total. The molecule has 0 aliphatic carbocycles. The first kappa shape index (κ1) is 14.7. The lowest BCUT2D eigenvalue weighted by atomic mass is 10.1. The van der Waals surface area contributed by atoms with E-state index in [0.29, 0.717) is 28.4 Å². The van der Waals surface area contributed by atoms with Crippen LogP contribution in [0.25, 0.3) is 0 Å². The third kappa shape index (κ3) is 3.25. The molecule has 0 fully saturated rings. The number of aryl methyl sites for hydroxylation is 1. The minimum absolute atomic E-state index is 0.304. The first-order chi connectivity index (χ1) is 10.0. The Kier molecular flexibility index (Phi) is 4.33. The number of amides is 1. The van der Waals surface area contributed by atoms with Crippen molar-refractivity contribution in [1.29, 1.82) is 0 Å². The maximum Gasteiger partial charge on any atom is 0.259 e. The number of carbonyl (C=O) groups excluding carboxylic acids is 1. The van der Waals surface area contributed by atoms with Crippen LogP contribution >= 0.6 is 0 Å². The van der Waals surface area contributed by atoms with Crippen molar-refractivity contribution in [2.24, 2.45) is 0 Å². The van der Waals surface area contributed by atoms with Gasteiger partial charge in [-0.25, -0.2) is 0 Å². The highest BCUT2D eigenvalue weighted by Crippen LogP contribution is 2.26. The smallest absolute Gasteiger partial charge is 0.259 e. The van der Waals surface area contributed by atoms with Crippen molar-refractivity contribution in [2.75, 3.05) is 25.3 Å². The Bertz CT molecular complexity index is 669. The second kappa shape index (κ2) is 6.17. The van der Waals surface area contributed by atoms with Crippen molar-refractivity contribution in [3.05, 3.63) is 47.5 Å². The van der Waals surface area contributed by atoms with Gasteiger partial charge in [-0.3, -0.25) is 4.79 Å². The van der Waals surface area contributed by atoms with Crippen LogP contribution in [0.1, 0.15) is 15.9 Å². The van der Waals surface area contributed by atoms with Gasteiger partial charge < -0.3 is 20.5 Å². The van der Waals surface area contributed by atoms with Gasteiger partial charge in [-0.1, -0.05) is 6.07 Å². The zero-order chi connectivity index (χ0) is 15.4. The number of benzene rings is 2. The van der Waals surface area contributed by atoms with E-state index in [1.54, 1.807) is 37.4 Å². The van der Waals surface area contributed by atoms with Crippen LogP contribution in [0.15, 0.2) is 36.4 Å². The quantitative estimate of drug-likeness (QED) is 0.848. The molecule has 0 bridgehead atoms. The summed E-state index contributed by atoms with van der Waals surface area (Å²) in [5.41, 5.74) is 8.41. The minimum atomic E-state index is -0.304. The highest BCUT2D eigenvalue weighted by molar-refractivity contribution is 6.07. The van der Waals surface area contributed by atoms with Gasteiger partial charge in [0.05, 0.1) is 31.2 Å². The Balaban J connectivity index is 2.31. The highest BCUT2D eigenvalue weighted by atomic mass is 16.5. The molecule has 0 atom stereocenters. The van der Waals surface area contributed by atoms with Gasteiger partial charge in [0.15, 0.2) is 0 Å². The topological polar surface area (TPSA) is 73.6 Å². The summed E-state index contributed by atoms with van der Waals surface area (Å²) >= 11 is 0. The molecule has 0 radical (unpaired) electrons. The molecule has 0 aliphatic heterocycles. The lowest BCUT2D eigenvalue weighted by molar-refractivity contribution is 0.102. The van der Waals surface area contributed by atoms with E-state index in [0.717, 1.165) is 5.56 Å². The monoisotopic (exact) mass is 286 g/mol. The lowest BCUT2D eigenvalue weighted by Gasteiger charge is -2.12. The predicted molar refractivity (Wildman–Crippen MR) is 83.1 cm³/mol. The van der Waals surface area contributed by atoms with Crippen LogP contribution in [-0.4, -0.2) is 20.1 Å². The third-order valence-electron chi connectivity index (χ3n) is 3.11. The molecule has 0 unspecified atom stereocenters. The van der Waals surface area contributed by atoms with Crippen LogP contribution in [0.5, 0.6) is 11.5 Å². The standard InChI is InChI=1S/C16H18N2O3/c1-10-4-6-14(13(17)8-10)18-16(19)12-9-11(20-2)5-7-15(12)21-3/h4-9H,17H2,1-3H3,(H,18,19). The molecule has 0 aromatic heterocycles. The molecule has 0 heterocycles. The van der Waals surface area contributed by atoms with Gasteiger partial charge >= 0.3 is 0 Å². The number of nitrogen functional groups attached to an aromatic ring is 1. The molecule has 1 amide bonds. The van der Waals surface area contributed by atoms with Gasteiger partial charge in [0.1, 0.15) is 11.5 Å². The molecule has 110 valence electrons. The molecular formula is C16H18N2O3. The Labute approximate surface area is 123 Å². The van der Waals surface area contributed by atoms with E-state index in [2.05, 4.69) is 5.32 Å². The number of hydrogen-bond donors (Lipinski definition) is 2. The number of rotatable bonds is 4. The van der Waals surface area contributed by atoms with E-state index < -0.39 is 0 Å². The molecule has 0 aliphatic rings. The van der Waals surface area contributed by atoms with Crippen molar-refractivity contribution in [3.8, 4) is 11.5 Å². The fourth-order valence-corrected chi connectivity index (χ4v) is 1.98. The summed E-state index contributed by atoms with van der Waals surface area (Å²) in [7, 11) is 3.06. The molecule has 0 saturated heterocycles. The highest BCUT2D eigenvalue weighted by Gasteiger charge is 2.14. The number of nitrogens with one attached hydrogen (secondary N) is 1. The first-order valence-corrected chi connectivity index (χ1v) is 6.44. The van der Waals surface area contributed by atoms with Crippen molar-refractivity contribution in [3.63, 3.8) is 0 Å². The van der Waals surface area contributed by atoms with E-state index in [1.165, 1.54) is 7.11 Å². The van der Waals surface area contributed by atoms with Crippen molar-refractivity contribution >= 4 is 17.3 Å². The summed E-state index contributed by atoms with van der Waals surface area (Å²) in [5.74, 6) is 0.748. The zero-order valence-corrected chi connectivity index (χ0v) is 12.3. The van der Waals surface area contributed by atoms with Gasteiger partial charge in [0.25, 0.3) is 5.91 Å². The zero-order valence-electron chi connectivity index (χ0n) is 12.3. The van der Waals surface area contributed by atoms with Gasteiger partial charge in [-0.2, -0.15) is 0 Å².